The van der Waals surface area contributed by atoms with E-state index in [0.29, 0.717) is 17.8 Å². The van der Waals surface area contributed by atoms with Gasteiger partial charge in [-0.3, -0.25) is 4.98 Å². The van der Waals surface area contributed by atoms with Crippen molar-refractivity contribution in [2.45, 2.75) is 78.7 Å². The quantitative estimate of drug-likeness (QED) is 0.201. The summed E-state index contributed by atoms with van der Waals surface area (Å²) in [5.74, 6) is 1.20. The molecule has 0 spiro atoms. The molecule has 0 fully saturated rings. The van der Waals surface area contributed by atoms with Gasteiger partial charge in [0.25, 0.3) is 0 Å². The first-order chi connectivity index (χ1) is 19.8. The summed E-state index contributed by atoms with van der Waals surface area (Å²) in [6.45, 7) is 15.9. The number of rotatable bonds is 9. The summed E-state index contributed by atoms with van der Waals surface area (Å²) in [6.07, 6.45) is 0.962. The molecule has 5 rings (SSSR count). The Morgan fingerprint density at radius 1 is 0.585 bits per heavy atom. The molecule has 1 N–H and O–H groups in total. The Hall–Kier alpha value is -3.91. The van der Waals surface area contributed by atoms with Gasteiger partial charge in [0.15, 0.2) is 0 Å². The normalized spacial score (nSPS) is 12.4. The van der Waals surface area contributed by atoms with Gasteiger partial charge >= 0.3 is 0 Å². The molecule has 41 heavy (non-hydrogen) atoms. The number of aryl methyl sites for hydroxylation is 1. The van der Waals surface area contributed by atoms with Crippen LogP contribution in [0, 0.1) is 0 Å². The maximum atomic E-state index is 5.46. The number of aromatic nitrogens is 1. The molecular weight excluding hydrogens is 496 g/mol. The Kier molecular flexibility index (Phi) is 8.59. The molecule has 1 heterocycles. The van der Waals surface area contributed by atoms with Crippen LogP contribution in [0.2, 0.25) is 0 Å². The van der Waals surface area contributed by atoms with E-state index in [2.05, 4.69) is 151 Å². The zero-order chi connectivity index (χ0) is 29.1. The highest BCUT2D eigenvalue weighted by molar-refractivity contribution is 5.97. The SMILES string of the molecule is CCc1ccc2ccccc2c1-c1cccc(C(Nc2c(C(C)C)cccc2C(C)C)c2ccccc2C(C)C)n1. The number of pyridine rings is 1. The average Bonchev–Trinajstić information content (AvgIpc) is 2.99. The van der Waals surface area contributed by atoms with E-state index < -0.39 is 0 Å². The third-order valence-corrected chi connectivity index (χ3v) is 8.31. The number of para-hydroxylation sites is 1. The Bertz CT molecular complexity index is 1620. The molecule has 1 aromatic heterocycles. The van der Waals surface area contributed by atoms with Crippen molar-refractivity contribution in [3.05, 3.63) is 131 Å². The van der Waals surface area contributed by atoms with E-state index in [4.69, 9.17) is 4.98 Å². The summed E-state index contributed by atoms with van der Waals surface area (Å²) < 4.78 is 0. The van der Waals surface area contributed by atoms with Crippen molar-refractivity contribution in [2.75, 3.05) is 5.32 Å². The smallest absolute Gasteiger partial charge is 0.0943 e. The third-order valence-electron chi connectivity index (χ3n) is 8.31. The summed E-state index contributed by atoms with van der Waals surface area (Å²) in [5, 5.41) is 6.60. The van der Waals surface area contributed by atoms with Gasteiger partial charge in [-0.2, -0.15) is 0 Å². The summed E-state index contributed by atoms with van der Waals surface area (Å²) in [4.78, 5) is 5.46. The minimum absolute atomic E-state index is 0.0917. The molecule has 0 saturated carbocycles. The first-order valence-electron chi connectivity index (χ1n) is 15.3. The van der Waals surface area contributed by atoms with Crippen molar-refractivity contribution < 1.29 is 0 Å². The van der Waals surface area contributed by atoms with Crippen molar-refractivity contribution in [3.63, 3.8) is 0 Å². The van der Waals surface area contributed by atoms with Crippen molar-refractivity contribution >= 4 is 16.5 Å². The zero-order valence-electron chi connectivity index (χ0n) is 25.7. The minimum atomic E-state index is -0.0917. The fraction of sp³-hybridized carbons (Fsp3) is 0.308. The van der Waals surface area contributed by atoms with E-state index in [1.165, 1.54) is 49.8 Å². The molecule has 0 bridgehead atoms. The van der Waals surface area contributed by atoms with Gasteiger partial charge in [0, 0.05) is 11.3 Å². The number of hydrogen-bond acceptors (Lipinski definition) is 2. The van der Waals surface area contributed by atoms with Crippen LogP contribution in [0.3, 0.4) is 0 Å². The van der Waals surface area contributed by atoms with Crippen molar-refractivity contribution in [1.82, 2.24) is 4.98 Å². The fourth-order valence-electron chi connectivity index (χ4n) is 6.14. The predicted octanol–water partition coefficient (Wildman–Crippen LogP) is 11.0. The topological polar surface area (TPSA) is 24.9 Å². The van der Waals surface area contributed by atoms with Crippen LogP contribution in [0.1, 0.15) is 106 Å². The summed E-state index contributed by atoms with van der Waals surface area (Å²) in [6, 6.07) is 35.3. The van der Waals surface area contributed by atoms with Crippen LogP contribution in [0.15, 0.2) is 97.1 Å². The highest BCUT2D eigenvalue weighted by atomic mass is 15.0. The molecule has 0 aliphatic rings. The summed E-state index contributed by atoms with van der Waals surface area (Å²) in [7, 11) is 0. The van der Waals surface area contributed by atoms with Gasteiger partial charge in [-0.05, 0) is 74.9 Å². The lowest BCUT2D eigenvalue weighted by atomic mass is 9.88. The Balaban J connectivity index is 1.74. The minimum Gasteiger partial charge on any atom is -0.372 e. The molecule has 4 aromatic carbocycles. The van der Waals surface area contributed by atoms with Gasteiger partial charge in [0.1, 0.15) is 0 Å². The molecule has 0 amide bonds. The summed E-state index contributed by atoms with van der Waals surface area (Å²) in [5.41, 5.74) is 11.2. The molecule has 0 aliphatic heterocycles. The van der Waals surface area contributed by atoms with Crippen molar-refractivity contribution in [2.24, 2.45) is 0 Å². The van der Waals surface area contributed by atoms with E-state index in [1.54, 1.807) is 0 Å². The summed E-state index contributed by atoms with van der Waals surface area (Å²) >= 11 is 0. The Morgan fingerprint density at radius 2 is 1.17 bits per heavy atom. The van der Waals surface area contributed by atoms with Gasteiger partial charge < -0.3 is 5.32 Å². The maximum Gasteiger partial charge on any atom is 0.0943 e. The standard InChI is InChI=1S/C39H44N2/c1-8-28-23-24-29-15-9-10-17-33(29)37(28)35-21-14-22-36(40-35)39(34-18-12-11-16-30(34)25(2)3)41-38-31(26(4)5)19-13-20-32(38)27(6)7/h9-27,39,41H,8H2,1-7H3. The van der Waals surface area contributed by atoms with E-state index in [-0.39, 0.29) is 6.04 Å². The number of benzene rings is 4. The molecule has 2 nitrogen and oxygen atoms in total. The van der Waals surface area contributed by atoms with Crippen LogP contribution in [-0.2, 0) is 6.42 Å². The maximum absolute atomic E-state index is 5.46. The second-order valence-corrected chi connectivity index (χ2v) is 12.1. The largest absolute Gasteiger partial charge is 0.372 e. The van der Waals surface area contributed by atoms with E-state index in [0.717, 1.165) is 17.8 Å². The first kappa shape index (κ1) is 28.6. The van der Waals surface area contributed by atoms with Gasteiger partial charge in [0.2, 0.25) is 0 Å². The lowest BCUT2D eigenvalue weighted by molar-refractivity contribution is 0.788. The lowest BCUT2D eigenvalue weighted by Crippen LogP contribution is -2.19. The van der Waals surface area contributed by atoms with E-state index in [9.17, 15) is 0 Å². The van der Waals surface area contributed by atoms with Crippen LogP contribution in [0.4, 0.5) is 5.69 Å². The molecule has 1 atom stereocenters. The van der Waals surface area contributed by atoms with Gasteiger partial charge in [0.05, 0.1) is 17.4 Å². The average molecular weight is 541 g/mol. The zero-order valence-corrected chi connectivity index (χ0v) is 25.7. The number of hydrogen-bond donors (Lipinski definition) is 1. The monoisotopic (exact) mass is 540 g/mol. The second-order valence-electron chi connectivity index (χ2n) is 12.1. The molecule has 0 aliphatic carbocycles. The first-order valence-corrected chi connectivity index (χ1v) is 15.3. The molecule has 210 valence electrons. The van der Waals surface area contributed by atoms with Crippen LogP contribution in [0.5, 0.6) is 0 Å². The van der Waals surface area contributed by atoms with Gasteiger partial charge in [-0.25, -0.2) is 0 Å². The lowest BCUT2D eigenvalue weighted by Gasteiger charge is -2.29. The Morgan fingerprint density at radius 3 is 1.83 bits per heavy atom. The van der Waals surface area contributed by atoms with Crippen LogP contribution < -0.4 is 5.32 Å². The molecule has 0 saturated heterocycles. The van der Waals surface area contributed by atoms with Crippen LogP contribution in [-0.4, -0.2) is 4.98 Å². The molecular formula is C39H44N2. The molecule has 2 heteroatoms. The van der Waals surface area contributed by atoms with Gasteiger partial charge in [-0.1, -0.05) is 133 Å². The highest BCUT2D eigenvalue weighted by Crippen LogP contribution is 2.39. The van der Waals surface area contributed by atoms with E-state index >= 15 is 0 Å². The molecule has 5 aromatic rings. The highest BCUT2D eigenvalue weighted by Gasteiger charge is 2.24. The number of nitrogens with one attached hydrogen (secondary N) is 1. The molecule has 1 unspecified atom stereocenters. The molecule has 0 radical (unpaired) electrons. The fourth-order valence-corrected chi connectivity index (χ4v) is 6.14. The van der Waals surface area contributed by atoms with Crippen LogP contribution in [0.25, 0.3) is 22.0 Å². The number of fused-ring (bicyclic) bond motifs is 1. The third kappa shape index (κ3) is 5.79. The van der Waals surface area contributed by atoms with Crippen molar-refractivity contribution in [1.29, 1.82) is 0 Å². The van der Waals surface area contributed by atoms with Crippen molar-refractivity contribution in [3.8, 4) is 11.3 Å². The Labute approximate surface area is 246 Å². The van der Waals surface area contributed by atoms with Crippen LogP contribution >= 0.6 is 0 Å². The van der Waals surface area contributed by atoms with Gasteiger partial charge in [-0.15, -0.1) is 0 Å². The predicted molar refractivity (Wildman–Crippen MR) is 177 cm³/mol. The number of anilines is 1. The number of nitrogens with zero attached hydrogens (tertiary/aromatic N) is 1. The second kappa shape index (κ2) is 12.3. The van der Waals surface area contributed by atoms with E-state index in [1.807, 2.05) is 0 Å².